The van der Waals surface area contributed by atoms with Crippen LogP contribution in [-0.4, -0.2) is 61.3 Å². The third kappa shape index (κ3) is 6.22. The summed E-state index contributed by atoms with van der Waals surface area (Å²) < 4.78 is 54.6. The molecule has 39 heavy (non-hydrogen) atoms. The van der Waals surface area contributed by atoms with Crippen molar-refractivity contribution in [3.63, 3.8) is 0 Å². The number of hydrogen-bond donors (Lipinski definition) is 2. The molecule has 12 heteroatoms. The van der Waals surface area contributed by atoms with Crippen LogP contribution >= 0.6 is 0 Å². The van der Waals surface area contributed by atoms with Crippen LogP contribution < -0.4 is 14.5 Å². The second-order valence-corrected chi connectivity index (χ2v) is 12.6. The maximum Gasteiger partial charge on any atom is 0.251 e. The summed E-state index contributed by atoms with van der Waals surface area (Å²) in [5.41, 5.74) is 3.54. The third-order valence-electron chi connectivity index (χ3n) is 7.86. The molecule has 1 saturated heterocycles. The fourth-order valence-corrected chi connectivity index (χ4v) is 6.13. The summed E-state index contributed by atoms with van der Waals surface area (Å²) in [6.07, 6.45) is 7.41. The van der Waals surface area contributed by atoms with E-state index < -0.39 is 28.3 Å². The van der Waals surface area contributed by atoms with Crippen molar-refractivity contribution in [3.05, 3.63) is 41.6 Å². The molecule has 210 valence electrons. The fourth-order valence-electron chi connectivity index (χ4n) is 5.31. The molecule has 0 radical (unpaired) electrons. The quantitative estimate of drug-likeness (QED) is 0.436. The SMILES string of the molecule is Cc1cc(N(C=O)c2ccc(NS(=O)(=O)CCO)cc2C2=CCC3(CC2)CC3)nc(N2CCC(F)(F)CC2)n1. The minimum absolute atomic E-state index is 0.111. The number of aryl methyl sites for hydroxylation is 1. The number of carbonyl (C=O) groups excluding carboxylic acids is 1. The van der Waals surface area contributed by atoms with Gasteiger partial charge in [-0.2, -0.15) is 4.98 Å². The largest absolute Gasteiger partial charge is 0.395 e. The summed E-state index contributed by atoms with van der Waals surface area (Å²) in [6, 6.07) is 6.60. The van der Waals surface area contributed by atoms with Crippen LogP contribution in [0.4, 0.5) is 31.9 Å². The summed E-state index contributed by atoms with van der Waals surface area (Å²) >= 11 is 0. The van der Waals surface area contributed by atoms with Gasteiger partial charge in [0.1, 0.15) is 5.82 Å². The molecule has 9 nitrogen and oxygen atoms in total. The number of rotatable bonds is 9. The molecule has 2 heterocycles. The van der Waals surface area contributed by atoms with Gasteiger partial charge in [-0.15, -0.1) is 0 Å². The van der Waals surface area contributed by atoms with E-state index in [2.05, 4.69) is 20.8 Å². The van der Waals surface area contributed by atoms with Gasteiger partial charge < -0.3 is 10.0 Å². The highest BCUT2D eigenvalue weighted by molar-refractivity contribution is 7.92. The Balaban J connectivity index is 1.52. The minimum atomic E-state index is -3.75. The standard InChI is InChI=1S/C27H33F2N5O4S/c1-19-16-24(31-25(30-19)33-12-10-27(28,29)11-13-33)34(18-36)23-3-2-21(32-39(37,38)15-14-35)17-22(23)20-4-6-26(7-5-20)8-9-26/h2-4,16-18,32,35H,5-15H2,1H3. The molecule has 2 aliphatic carbocycles. The Labute approximate surface area is 227 Å². The maximum absolute atomic E-state index is 13.7. The Kier molecular flexibility index (Phi) is 7.36. The highest BCUT2D eigenvalue weighted by atomic mass is 32.2. The van der Waals surface area contributed by atoms with Gasteiger partial charge in [-0.05, 0) is 68.2 Å². The predicted molar refractivity (Wildman–Crippen MR) is 146 cm³/mol. The van der Waals surface area contributed by atoms with E-state index in [1.807, 2.05) is 0 Å². The van der Waals surface area contributed by atoms with E-state index in [9.17, 15) is 22.0 Å². The second-order valence-electron chi connectivity index (χ2n) is 10.8. The number of alkyl halides is 2. The van der Waals surface area contributed by atoms with Gasteiger partial charge in [-0.25, -0.2) is 22.2 Å². The number of allylic oxidation sites excluding steroid dienone is 2. The first-order chi connectivity index (χ1) is 18.5. The number of nitrogens with zero attached hydrogens (tertiary/aromatic N) is 4. The molecule has 2 fully saturated rings. The first-order valence-electron chi connectivity index (χ1n) is 13.2. The Hall–Kier alpha value is -3.12. The number of hydrogen-bond acceptors (Lipinski definition) is 7. The van der Waals surface area contributed by atoms with Gasteiger partial charge >= 0.3 is 0 Å². The molecule has 2 aromatic rings. The molecule has 0 unspecified atom stereocenters. The summed E-state index contributed by atoms with van der Waals surface area (Å²) in [4.78, 5) is 24.6. The molecule has 2 N–H and O–H groups in total. The number of amides is 1. The van der Waals surface area contributed by atoms with Gasteiger partial charge in [-0.1, -0.05) is 6.08 Å². The summed E-state index contributed by atoms with van der Waals surface area (Å²) in [6.45, 7) is 1.48. The lowest BCUT2D eigenvalue weighted by Crippen LogP contribution is -2.40. The van der Waals surface area contributed by atoms with Crippen molar-refractivity contribution in [1.82, 2.24) is 9.97 Å². The molecule has 0 atom stereocenters. The molecule has 1 aromatic carbocycles. The zero-order valence-corrected chi connectivity index (χ0v) is 22.7. The highest BCUT2D eigenvalue weighted by Gasteiger charge is 2.43. The monoisotopic (exact) mass is 561 g/mol. The van der Waals surface area contributed by atoms with E-state index in [4.69, 9.17) is 5.11 Å². The number of benzene rings is 1. The average molecular weight is 562 g/mol. The number of aliphatic hydroxyl groups is 1. The number of anilines is 4. The first-order valence-corrected chi connectivity index (χ1v) is 14.9. The lowest BCUT2D eigenvalue weighted by molar-refractivity contribution is -0.106. The smallest absolute Gasteiger partial charge is 0.251 e. The van der Waals surface area contributed by atoms with Gasteiger partial charge in [0.05, 0.1) is 18.0 Å². The lowest BCUT2D eigenvalue weighted by atomic mass is 9.83. The number of nitrogens with one attached hydrogen (secondary N) is 1. The van der Waals surface area contributed by atoms with Gasteiger partial charge in [0.15, 0.2) is 0 Å². The van der Waals surface area contributed by atoms with Crippen LogP contribution in [0.15, 0.2) is 30.3 Å². The number of sulfonamides is 1. The zero-order chi connectivity index (χ0) is 27.8. The Morgan fingerprint density at radius 1 is 1.13 bits per heavy atom. The van der Waals surface area contributed by atoms with E-state index in [0.717, 1.165) is 24.8 Å². The van der Waals surface area contributed by atoms with Crippen molar-refractivity contribution in [2.45, 2.75) is 57.8 Å². The Morgan fingerprint density at radius 2 is 1.87 bits per heavy atom. The van der Waals surface area contributed by atoms with Crippen molar-refractivity contribution in [2.75, 3.05) is 40.0 Å². The van der Waals surface area contributed by atoms with E-state index >= 15 is 0 Å². The van der Waals surface area contributed by atoms with Crippen molar-refractivity contribution in [2.24, 2.45) is 5.41 Å². The van der Waals surface area contributed by atoms with E-state index in [1.165, 1.54) is 17.7 Å². The van der Waals surface area contributed by atoms with Crippen molar-refractivity contribution >= 4 is 45.1 Å². The van der Waals surface area contributed by atoms with Crippen LogP contribution in [0.25, 0.3) is 5.57 Å². The Morgan fingerprint density at radius 3 is 2.49 bits per heavy atom. The summed E-state index contributed by atoms with van der Waals surface area (Å²) in [5, 5.41) is 9.11. The van der Waals surface area contributed by atoms with Crippen LogP contribution in [0.1, 0.15) is 56.2 Å². The zero-order valence-electron chi connectivity index (χ0n) is 21.9. The molecule has 5 rings (SSSR count). The molecule has 3 aliphatic rings. The number of piperidine rings is 1. The molecule has 0 bridgehead atoms. The van der Waals surface area contributed by atoms with Crippen LogP contribution in [0.2, 0.25) is 0 Å². The highest BCUT2D eigenvalue weighted by Crippen LogP contribution is 2.57. The van der Waals surface area contributed by atoms with Crippen molar-refractivity contribution < 1.29 is 27.1 Å². The van der Waals surface area contributed by atoms with Crippen molar-refractivity contribution in [1.29, 1.82) is 0 Å². The lowest BCUT2D eigenvalue weighted by Gasteiger charge is -2.32. The van der Waals surface area contributed by atoms with E-state index in [1.54, 1.807) is 36.1 Å². The van der Waals surface area contributed by atoms with Crippen LogP contribution in [0.3, 0.4) is 0 Å². The molecule has 1 amide bonds. The van der Waals surface area contributed by atoms with E-state index in [-0.39, 0.29) is 31.9 Å². The van der Waals surface area contributed by atoms with Gasteiger partial charge in [-0.3, -0.25) is 14.4 Å². The minimum Gasteiger partial charge on any atom is -0.395 e. The number of aromatic nitrogens is 2. The fraction of sp³-hybridized carbons (Fsp3) is 0.519. The maximum atomic E-state index is 13.7. The molecule has 1 spiro atoms. The predicted octanol–water partition coefficient (Wildman–Crippen LogP) is 4.40. The van der Waals surface area contributed by atoms with Crippen molar-refractivity contribution in [3.8, 4) is 0 Å². The van der Waals surface area contributed by atoms with Crippen LogP contribution in [0.5, 0.6) is 0 Å². The van der Waals surface area contributed by atoms with E-state index in [0.29, 0.717) is 40.3 Å². The second kappa shape index (κ2) is 10.5. The van der Waals surface area contributed by atoms with Crippen LogP contribution in [0, 0.1) is 12.3 Å². The molecular weight excluding hydrogens is 528 g/mol. The topological polar surface area (TPSA) is 116 Å². The summed E-state index contributed by atoms with van der Waals surface area (Å²) in [7, 11) is -3.75. The average Bonchev–Trinajstić information content (AvgIpc) is 3.63. The van der Waals surface area contributed by atoms with Gasteiger partial charge in [0.2, 0.25) is 22.4 Å². The number of carbonyl (C=O) groups is 1. The summed E-state index contributed by atoms with van der Waals surface area (Å²) in [5.74, 6) is -2.55. The molecule has 1 saturated carbocycles. The molecule has 1 aliphatic heterocycles. The molecular formula is C27H33F2N5O4S. The van der Waals surface area contributed by atoms with Crippen LogP contribution in [-0.2, 0) is 14.8 Å². The normalized spacial score (nSPS) is 19.9. The third-order valence-corrected chi connectivity index (χ3v) is 9.12. The Bertz CT molecular complexity index is 1380. The van der Waals surface area contributed by atoms with Gasteiger partial charge in [0, 0.05) is 48.9 Å². The van der Waals surface area contributed by atoms with Gasteiger partial charge in [0.25, 0.3) is 5.92 Å². The number of aliphatic hydroxyl groups excluding tert-OH is 1. The number of halogens is 2. The first kappa shape index (κ1) is 27.4. The molecule has 1 aromatic heterocycles.